The van der Waals surface area contributed by atoms with Gasteiger partial charge in [0.05, 0.1) is 12.1 Å². The highest BCUT2D eigenvalue weighted by molar-refractivity contribution is 7.09. The summed E-state index contributed by atoms with van der Waals surface area (Å²) in [5.74, 6) is 0.628. The maximum atomic E-state index is 13.1. The Morgan fingerprint density at radius 3 is 3.03 bits per heavy atom. The van der Waals surface area contributed by atoms with Gasteiger partial charge in [0.15, 0.2) is 5.60 Å². The second kappa shape index (κ2) is 7.68. The van der Waals surface area contributed by atoms with Crippen LogP contribution in [0.25, 0.3) is 0 Å². The number of hydrogen-bond acceptors (Lipinski definition) is 7. The minimum atomic E-state index is -0.915. The lowest BCUT2D eigenvalue weighted by Crippen LogP contribution is -2.53. The van der Waals surface area contributed by atoms with Gasteiger partial charge in [0, 0.05) is 31.5 Å². The van der Waals surface area contributed by atoms with Crippen LogP contribution in [0.15, 0.2) is 29.8 Å². The molecular weight excluding hydrogens is 392 g/mol. The molecule has 0 bridgehead atoms. The lowest BCUT2D eigenvalue weighted by atomic mass is 9.88. The van der Waals surface area contributed by atoms with Crippen LogP contribution in [-0.2, 0) is 15.1 Å². The number of hydrogen-bond donors (Lipinski definition) is 1. The lowest BCUT2D eigenvalue weighted by Gasteiger charge is -2.40. The monoisotopic (exact) mass is 420 g/mol. The number of likely N-dealkylation sites (tertiary alicyclic amines) is 1. The third-order valence-corrected chi connectivity index (χ3v) is 6.26. The summed E-state index contributed by atoms with van der Waals surface area (Å²) in [6.07, 6.45) is 2.21. The summed E-state index contributed by atoms with van der Waals surface area (Å²) < 4.78 is 17.5. The fraction of sp³-hybridized carbons (Fsp3) is 0.524. The molecule has 1 aromatic heterocycles. The predicted molar refractivity (Wildman–Crippen MR) is 110 cm³/mol. The Labute approximate surface area is 175 Å². The van der Waals surface area contributed by atoms with Crippen molar-refractivity contribution in [2.75, 3.05) is 26.5 Å². The highest BCUT2D eigenvalue weighted by Crippen LogP contribution is 2.43. The van der Waals surface area contributed by atoms with E-state index in [0.717, 1.165) is 10.6 Å². The number of carbonyl (C=O) groups excluding carboxylic acids is 1. The van der Waals surface area contributed by atoms with Crippen molar-refractivity contribution in [3.63, 3.8) is 0 Å². The maximum Gasteiger partial charge on any atom is 0.253 e. The van der Waals surface area contributed by atoms with Crippen LogP contribution in [0, 0.1) is 6.92 Å². The van der Waals surface area contributed by atoms with Gasteiger partial charge in [0.25, 0.3) is 5.91 Å². The fourth-order valence-corrected chi connectivity index (χ4v) is 4.64. The van der Waals surface area contributed by atoms with Gasteiger partial charge in [0.1, 0.15) is 30.3 Å². The van der Waals surface area contributed by atoms with Crippen LogP contribution in [0.3, 0.4) is 0 Å². The Morgan fingerprint density at radius 2 is 2.34 bits per heavy atom. The summed E-state index contributed by atoms with van der Waals surface area (Å²) in [5, 5.41) is 12.7. The number of thiazole rings is 1. The molecule has 1 unspecified atom stereocenters. The van der Waals surface area contributed by atoms with E-state index in [9.17, 15) is 9.90 Å². The van der Waals surface area contributed by atoms with Crippen LogP contribution >= 0.6 is 11.3 Å². The Balaban J connectivity index is 0.00000256. The molecule has 2 aromatic rings. The Kier molecular flexibility index (Phi) is 5.37. The van der Waals surface area contributed by atoms with Crippen molar-refractivity contribution >= 4 is 17.2 Å². The molecule has 0 aliphatic carbocycles. The number of rotatable bonds is 5. The zero-order valence-corrected chi connectivity index (χ0v) is 17.7. The largest absolute Gasteiger partial charge is 0.490 e. The van der Waals surface area contributed by atoms with E-state index in [-0.39, 0.29) is 26.8 Å². The van der Waals surface area contributed by atoms with E-state index in [2.05, 4.69) is 4.98 Å². The average molecular weight is 421 g/mol. The molecule has 1 amide bonds. The lowest BCUT2D eigenvalue weighted by molar-refractivity contribution is -0.0440. The summed E-state index contributed by atoms with van der Waals surface area (Å²) in [6.45, 7) is 6.73. The van der Waals surface area contributed by atoms with Gasteiger partial charge in [-0.2, -0.15) is 0 Å². The summed E-state index contributed by atoms with van der Waals surface area (Å²) >= 11 is 1.56. The molecule has 3 heterocycles. The Bertz CT molecular complexity index is 886. The molecule has 2 saturated heterocycles. The van der Waals surface area contributed by atoms with Crippen molar-refractivity contribution < 1.29 is 25.5 Å². The molecule has 2 aliphatic heterocycles. The summed E-state index contributed by atoms with van der Waals surface area (Å²) in [4.78, 5) is 19.3. The molecule has 2 aliphatic rings. The molecule has 0 radical (unpaired) electrons. The van der Waals surface area contributed by atoms with E-state index in [1.54, 1.807) is 43.5 Å². The van der Waals surface area contributed by atoms with Crippen LogP contribution in [0.4, 0.5) is 0 Å². The third kappa shape index (κ3) is 4.02. The van der Waals surface area contributed by atoms with Crippen molar-refractivity contribution in [1.29, 1.82) is 0 Å². The minimum Gasteiger partial charge on any atom is -0.490 e. The molecular formula is C21H28N2O5S. The first-order valence-electron chi connectivity index (χ1n) is 9.69. The molecule has 2 fully saturated rings. The maximum absolute atomic E-state index is 13.1. The average Bonchev–Trinajstić information content (AvgIpc) is 3.35. The van der Waals surface area contributed by atoms with Crippen LogP contribution in [0.2, 0.25) is 0 Å². The van der Waals surface area contributed by atoms with Gasteiger partial charge >= 0.3 is 0 Å². The van der Waals surface area contributed by atoms with E-state index in [1.165, 1.54) is 0 Å². The van der Waals surface area contributed by atoms with Crippen molar-refractivity contribution in [2.45, 2.75) is 44.5 Å². The molecule has 0 spiro atoms. The van der Waals surface area contributed by atoms with Crippen LogP contribution < -0.4 is 4.74 Å². The second-order valence-electron chi connectivity index (χ2n) is 8.23. The first kappa shape index (κ1) is 20.3. The highest BCUT2D eigenvalue weighted by Gasteiger charge is 2.52. The number of aliphatic hydroxyl groups is 1. The zero-order valence-electron chi connectivity index (χ0n) is 16.9. The first-order valence-corrected chi connectivity index (χ1v) is 10.6. The minimum absolute atomic E-state index is 0. The van der Waals surface area contributed by atoms with Crippen molar-refractivity contribution in [1.82, 2.24) is 9.88 Å². The van der Waals surface area contributed by atoms with Gasteiger partial charge in [0.2, 0.25) is 0 Å². The number of benzene rings is 1. The van der Waals surface area contributed by atoms with E-state index in [4.69, 9.17) is 14.2 Å². The Morgan fingerprint density at radius 1 is 1.52 bits per heavy atom. The van der Waals surface area contributed by atoms with Crippen molar-refractivity contribution in [3.8, 4) is 5.75 Å². The van der Waals surface area contributed by atoms with Crippen LogP contribution in [0.5, 0.6) is 5.75 Å². The molecule has 8 heteroatoms. The summed E-state index contributed by atoms with van der Waals surface area (Å²) in [5.41, 5.74) is 0.00552. The highest BCUT2D eigenvalue weighted by atomic mass is 32.1. The van der Waals surface area contributed by atoms with E-state index in [1.807, 2.05) is 23.3 Å². The SMILES string of the molecule is Cc1cc(C(=O)N2CC[C@]3(c4nccs4)OCOC3C2)ccc1OCC(C)(C)O.[HH]. The van der Waals surface area contributed by atoms with Crippen molar-refractivity contribution in [3.05, 3.63) is 45.9 Å². The number of piperidine rings is 1. The molecule has 1 aromatic carbocycles. The van der Waals surface area contributed by atoms with Gasteiger partial charge in [-0.15, -0.1) is 11.3 Å². The molecule has 7 nitrogen and oxygen atoms in total. The molecule has 1 N–H and O–H groups in total. The topological polar surface area (TPSA) is 81.1 Å². The third-order valence-electron chi connectivity index (χ3n) is 5.33. The van der Waals surface area contributed by atoms with Crippen molar-refractivity contribution in [2.24, 2.45) is 0 Å². The first-order chi connectivity index (χ1) is 13.8. The summed E-state index contributed by atoms with van der Waals surface area (Å²) in [7, 11) is 0. The van der Waals surface area contributed by atoms with E-state index >= 15 is 0 Å². The van der Waals surface area contributed by atoms with E-state index < -0.39 is 11.2 Å². The predicted octanol–water partition coefficient (Wildman–Crippen LogP) is 2.96. The molecule has 0 saturated carbocycles. The molecule has 4 rings (SSSR count). The summed E-state index contributed by atoms with van der Waals surface area (Å²) in [6, 6.07) is 5.38. The standard InChI is InChI=1S/C21H26N2O5S.H2/c1-14-10-15(4-5-16(14)26-12-20(2,3)25)18(24)23-8-6-21(19-22-7-9-29-19)17(11-23)27-13-28-21;/h4-5,7,9-10,17,25H,6,8,11-13H2,1-3H3;1H/t17?,21-;/m0./s1. The van der Waals surface area contributed by atoms with Gasteiger partial charge in [-0.25, -0.2) is 4.98 Å². The zero-order chi connectivity index (χ0) is 20.6. The number of nitrogens with zero attached hydrogens (tertiary/aromatic N) is 2. The molecule has 29 heavy (non-hydrogen) atoms. The number of aryl methyl sites for hydroxylation is 1. The van der Waals surface area contributed by atoms with E-state index in [0.29, 0.717) is 30.8 Å². The fourth-order valence-electron chi connectivity index (χ4n) is 3.78. The van der Waals surface area contributed by atoms with Gasteiger partial charge in [-0.05, 0) is 44.5 Å². The number of amides is 1. The molecule has 2 atom stereocenters. The number of ether oxygens (including phenoxy) is 3. The number of carbonyl (C=O) groups is 1. The second-order valence-corrected chi connectivity index (χ2v) is 9.12. The molecule has 158 valence electrons. The normalized spacial score (nSPS) is 24.4. The Hall–Kier alpha value is -2.00. The number of aromatic nitrogens is 1. The van der Waals surface area contributed by atoms with Gasteiger partial charge in [-0.1, -0.05) is 0 Å². The quantitative estimate of drug-likeness (QED) is 0.801. The van der Waals surface area contributed by atoms with Gasteiger partial charge in [-0.3, -0.25) is 4.79 Å². The smallest absolute Gasteiger partial charge is 0.253 e. The van der Waals surface area contributed by atoms with Gasteiger partial charge < -0.3 is 24.2 Å². The van der Waals surface area contributed by atoms with Crippen LogP contribution in [-0.4, -0.2) is 59.1 Å². The number of fused-ring (bicyclic) bond motifs is 1. The van der Waals surface area contributed by atoms with Crippen LogP contribution in [0.1, 0.15) is 42.6 Å².